The van der Waals surface area contributed by atoms with Crippen LogP contribution in [0, 0.1) is 13.8 Å². The van der Waals surface area contributed by atoms with Crippen LogP contribution in [0.25, 0.3) is 11.0 Å². The topological polar surface area (TPSA) is 47.4 Å². The minimum Gasteiger partial charge on any atom is -0.491 e. The number of benzene rings is 2. The molecule has 0 radical (unpaired) electrons. The van der Waals surface area contributed by atoms with Crippen LogP contribution in [-0.2, 0) is 11.3 Å². The number of ether oxygens (including phenoxy) is 1. The summed E-state index contributed by atoms with van der Waals surface area (Å²) in [5, 5.41) is 0. The van der Waals surface area contributed by atoms with Gasteiger partial charge in [0, 0.05) is 13.5 Å². The maximum absolute atomic E-state index is 12.1. The molecule has 0 N–H and O–H groups in total. The molecule has 146 valence electrons. The maximum atomic E-state index is 12.1. The SMILES string of the molecule is CC(=O)N1CCCC1c1nc2ccccc2n1CCOc1cccc(C)c1C. The Hall–Kier alpha value is -2.82. The molecule has 2 heterocycles. The first kappa shape index (κ1) is 18.5. The predicted molar refractivity (Wildman–Crippen MR) is 111 cm³/mol. The number of hydrogen-bond acceptors (Lipinski definition) is 3. The lowest BCUT2D eigenvalue weighted by molar-refractivity contribution is -0.129. The summed E-state index contributed by atoms with van der Waals surface area (Å²) >= 11 is 0. The van der Waals surface area contributed by atoms with E-state index in [-0.39, 0.29) is 11.9 Å². The summed E-state index contributed by atoms with van der Waals surface area (Å²) in [5.74, 6) is 2.02. The van der Waals surface area contributed by atoms with E-state index in [0.29, 0.717) is 13.2 Å². The third-order valence-corrected chi connectivity index (χ3v) is 5.77. The van der Waals surface area contributed by atoms with Crippen molar-refractivity contribution in [2.45, 2.75) is 46.2 Å². The lowest BCUT2D eigenvalue weighted by Gasteiger charge is -2.24. The van der Waals surface area contributed by atoms with Gasteiger partial charge < -0.3 is 14.2 Å². The van der Waals surface area contributed by atoms with Gasteiger partial charge in [-0.3, -0.25) is 4.79 Å². The van der Waals surface area contributed by atoms with E-state index in [2.05, 4.69) is 30.5 Å². The smallest absolute Gasteiger partial charge is 0.220 e. The molecular formula is C23H27N3O2. The number of carbonyl (C=O) groups is 1. The quantitative estimate of drug-likeness (QED) is 0.661. The number of carbonyl (C=O) groups excluding carboxylic acids is 1. The van der Waals surface area contributed by atoms with E-state index in [9.17, 15) is 4.79 Å². The summed E-state index contributed by atoms with van der Waals surface area (Å²) in [7, 11) is 0. The van der Waals surface area contributed by atoms with Crippen molar-refractivity contribution in [1.29, 1.82) is 0 Å². The molecule has 1 fully saturated rings. The Labute approximate surface area is 165 Å². The fourth-order valence-electron chi connectivity index (χ4n) is 4.12. The average Bonchev–Trinajstić information content (AvgIpc) is 3.30. The number of imidazole rings is 1. The number of nitrogens with zero attached hydrogens (tertiary/aromatic N) is 3. The highest BCUT2D eigenvalue weighted by atomic mass is 16.5. The van der Waals surface area contributed by atoms with Crippen LogP contribution in [0.15, 0.2) is 42.5 Å². The zero-order valence-electron chi connectivity index (χ0n) is 16.8. The van der Waals surface area contributed by atoms with Crippen molar-refractivity contribution in [3.05, 3.63) is 59.4 Å². The van der Waals surface area contributed by atoms with Crippen molar-refractivity contribution in [3.8, 4) is 5.75 Å². The van der Waals surface area contributed by atoms with Crippen LogP contribution in [0.2, 0.25) is 0 Å². The third kappa shape index (κ3) is 3.37. The molecule has 1 aliphatic heterocycles. The number of rotatable bonds is 5. The normalized spacial score (nSPS) is 16.7. The number of para-hydroxylation sites is 2. The second-order valence-electron chi connectivity index (χ2n) is 7.53. The fourth-order valence-corrected chi connectivity index (χ4v) is 4.12. The highest BCUT2D eigenvalue weighted by molar-refractivity contribution is 5.77. The predicted octanol–water partition coefficient (Wildman–Crippen LogP) is 4.42. The van der Waals surface area contributed by atoms with Crippen LogP contribution in [0.3, 0.4) is 0 Å². The van der Waals surface area contributed by atoms with Crippen molar-refractivity contribution >= 4 is 16.9 Å². The van der Waals surface area contributed by atoms with E-state index in [1.165, 1.54) is 11.1 Å². The molecule has 1 aliphatic rings. The molecule has 1 amide bonds. The summed E-state index contributed by atoms with van der Waals surface area (Å²) in [6.45, 7) is 7.90. The highest BCUT2D eigenvalue weighted by Gasteiger charge is 2.32. The molecule has 4 rings (SSSR count). The monoisotopic (exact) mass is 377 g/mol. The second kappa shape index (κ2) is 7.66. The summed E-state index contributed by atoms with van der Waals surface area (Å²) in [4.78, 5) is 18.9. The highest BCUT2D eigenvalue weighted by Crippen LogP contribution is 2.33. The molecule has 28 heavy (non-hydrogen) atoms. The van der Waals surface area contributed by atoms with E-state index in [1.54, 1.807) is 6.92 Å². The van der Waals surface area contributed by atoms with Gasteiger partial charge in [0.15, 0.2) is 0 Å². The number of likely N-dealkylation sites (tertiary alicyclic amines) is 1. The van der Waals surface area contributed by atoms with E-state index in [1.807, 2.05) is 35.2 Å². The molecule has 0 saturated carbocycles. The maximum Gasteiger partial charge on any atom is 0.220 e. The Morgan fingerprint density at radius 2 is 2.00 bits per heavy atom. The minimum absolute atomic E-state index is 0.0469. The number of hydrogen-bond donors (Lipinski definition) is 0. The Kier molecular flexibility index (Phi) is 5.07. The molecular weight excluding hydrogens is 350 g/mol. The Morgan fingerprint density at radius 1 is 1.18 bits per heavy atom. The molecule has 0 spiro atoms. The molecule has 1 atom stereocenters. The largest absolute Gasteiger partial charge is 0.491 e. The van der Waals surface area contributed by atoms with Gasteiger partial charge in [0.25, 0.3) is 0 Å². The lowest BCUT2D eigenvalue weighted by atomic mass is 10.1. The zero-order chi connectivity index (χ0) is 19.7. The molecule has 3 aromatic rings. The van der Waals surface area contributed by atoms with Crippen LogP contribution in [0.1, 0.15) is 42.8 Å². The third-order valence-electron chi connectivity index (χ3n) is 5.77. The first-order valence-corrected chi connectivity index (χ1v) is 9.97. The van der Waals surface area contributed by atoms with Crippen LogP contribution in [0.5, 0.6) is 5.75 Å². The molecule has 0 aliphatic carbocycles. The van der Waals surface area contributed by atoms with Crippen LogP contribution in [-0.4, -0.2) is 33.5 Å². The van der Waals surface area contributed by atoms with Crippen molar-refractivity contribution in [2.24, 2.45) is 0 Å². The standard InChI is InChI=1S/C23H27N3O2/c1-16-8-6-12-22(17(16)2)28-15-14-26-20-10-5-4-9-19(20)24-23(26)21-11-7-13-25(21)18(3)27/h4-6,8-10,12,21H,7,11,13-15H2,1-3H3. The first-order chi connectivity index (χ1) is 13.6. The molecule has 1 saturated heterocycles. The fraction of sp³-hybridized carbons (Fsp3) is 0.391. The second-order valence-corrected chi connectivity index (χ2v) is 7.53. The van der Waals surface area contributed by atoms with Gasteiger partial charge in [0.1, 0.15) is 18.2 Å². The van der Waals surface area contributed by atoms with Gasteiger partial charge in [-0.05, 0) is 56.0 Å². The van der Waals surface area contributed by atoms with E-state index >= 15 is 0 Å². The van der Waals surface area contributed by atoms with E-state index in [4.69, 9.17) is 9.72 Å². The van der Waals surface area contributed by atoms with Crippen LogP contribution in [0.4, 0.5) is 0 Å². The number of fused-ring (bicyclic) bond motifs is 1. The van der Waals surface area contributed by atoms with Gasteiger partial charge in [-0.25, -0.2) is 4.98 Å². The molecule has 2 aromatic carbocycles. The van der Waals surface area contributed by atoms with Crippen molar-refractivity contribution in [3.63, 3.8) is 0 Å². The average molecular weight is 377 g/mol. The Balaban J connectivity index is 1.62. The zero-order valence-corrected chi connectivity index (χ0v) is 16.8. The number of aromatic nitrogens is 2. The summed E-state index contributed by atoms with van der Waals surface area (Å²) in [6.07, 6.45) is 1.98. The minimum atomic E-state index is 0.0469. The summed E-state index contributed by atoms with van der Waals surface area (Å²) in [6, 6.07) is 14.4. The lowest BCUT2D eigenvalue weighted by Crippen LogP contribution is -2.30. The van der Waals surface area contributed by atoms with E-state index < -0.39 is 0 Å². The van der Waals surface area contributed by atoms with Gasteiger partial charge in [-0.1, -0.05) is 24.3 Å². The van der Waals surface area contributed by atoms with Gasteiger partial charge >= 0.3 is 0 Å². The van der Waals surface area contributed by atoms with Gasteiger partial charge in [0.05, 0.1) is 23.6 Å². The summed E-state index contributed by atoms with van der Waals surface area (Å²) in [5.41, 5.74) is 4.48. The van der Waals surface area contributed by atoms with Crippen LogP contribution >= 0.6 is 0 Å². The number of aryl methyl sites for hydroxylation is 1. The molecule has 5 heteroatoms. The first-order valence-electron chi connectivity index (χ1n) is 9.97. The van der Waals surface area contributed by atoms with Crippen molar-refractivity contribution in [2.75, 3.05) is 13.2 Å². The Bertz CT molecular complexity index is 1010. The van der Waals surface area contributed by atoms with Crippen molar-refractivity contribution < 1.29 is 9.53 Å². The molecule has 1 aromatic heterocycles. The van der Waals surface area contributed by atoms with Gasteiger partial charge in [0.2, 0.25) is 5.91 Å². The molecule has 0 bridgehead atoms. The van der Waals surface area contributed by atoms with Gasteiger partial charge in [-0.15, -0.1) is 0 Å². The molecule has 1 unspecified atom stereocenters. The van der Waals surface area contributed by atoms with E-state index in [0.717, 1.165) is 42.0 Å². The Morgan fingerprint density at radius 3 is 2.82 bits per heavy atom. The summed E-state index contributed by atoms with van der Waals surface area (Å²) < 4.78 is 8.33. The molecule has 5 nitrogen and oxygen atoms in total. The number of amides is 1. The van der Waals surface area contributed by atoms with Crippen LogP contribution < -0.4 is 4.74 Å². The van der Waals surface area contributed by atoms with Crippen molar-refractivity contribution in [1.82, 2.24) is 14.5 Å². The van der Waals surface area contributed by atoms with Gasteiger partial charge in [-0.2, -0.15) is 0 Å².